The molecule has 2 saturated heterocycles. The Hall–Kier alpha value is -2.06. The van der Waals surface area contributed by atoms with Gasteiger partial charge in [-0.2, -0.15) is 0 Å². The van der Waals surface area contributed by atoms with Crippen molar-refractivity contribution in [1.29, 1.82) is 0 Å². The first-order valence-corrected chi connectivity index (χ1v) is 13.0. The Balaban J connectivity index is 1.36. The zero-order valence-electron chi connectivity index (χ0n) is 21.4. The summed E-state index contributed by atoms with van der Waals surface area (Å²) in [6.07, 6.45) is 4.17. The Morgan fingerprint density at radius 1 is 0.618 bits per heavy atom. The van der Waals surface area contributed by atoms with Gasteiger partial charge < -0.3 is 8.97 Å². The Labute approximate surface area is 202 Å². The molecule has 0 unspecified atom stereocenters. The molecule has 6 aliphatic rings. The second-order valence-electron chi connectivity index (χ2n) is 12.4. The number of allylic oxidation sites excluding steroid dienone is 2. The molecule has 4 fully saturated rings. The minimum atomic E-state index is -0.366. The van der Waals surface area contributed by atoms with Crippen LogP contribution in [-0.4, -0.2) is 110 Å². The van der Waals surface area contributed by atoms with Crippen LogP contribution >= 0.6 is 0 Å². The fourth-order valence-electron chi connectivity index (χ4n) is 7.22. The quantitative estimate of drug-likeness (QED) is 0.292. The van der Waals surface area contributed by atoms with Crippen molar-refractivity contribution in [2.45, 2.75) is 13.8 Å². The van der Waals surface area contributed by atoms with Gasteiger partial charge in [0.15, 0.2) is 0 Å². The molecule has 2 heterocycles. The molecule has 4 amide bonds. The number of hydrogen-bond acceptors (Lipinski definition) is 4. The topological polar surface area (TPSA) is 74.8 Å². The van der Waals surface area contributed by atoms with Crippen LogP contribution in [-0.2, 0) is 19.2 Å². The molecule has 6 rings (SSSR count). The highest BCUT2D eigenvalue weighted by Crippen LogP contribution is 2.68. The first-order chi connectivity index (χ1) is 15.9. The van der Waals surface area contributed by atoms with Gasteiger partial charge in [0.2, 0.25) is 23.6 Å². The predicted octanol–water partition coefficient (Wildman–Crippen LogP) is 0.443. The van der Waals surface area contributed by atoms with E-state index in [2.05, 4.69) is 54.2 Å². The van der Waals surface area contributed by atoms with Crippen LogP contribution in [0.3, 0.4) is 0 Å². The summed E-state index contributed by atoms with van der Waals surface area (Å²) < 4.78 is 1.50. The molecule has 4 aliphatic carbocycles. The van der Waals surface area contributed by atoms with Gasteiger partial charge in [-0.15, -0.1) is 0 Å². The highest BCUT2D eigenvalue weighted by molar-refractivity contribution is 6.09. The number of carbonyl (C=O) groups is 4. The molecule has 186 valence electrons. The maximum atomic E-state index is 13.5. The van der Waals surface area contributed by atoms with Crippen LogP contribution in [0.2, 0.25) is 0 Å². The number of nitrogens with zero attached hydrogens (tertiary/aromatic N) is 4. The maximum absolute atomic E-state index is 13.5. The van der Waals surface area contributed by atoms with Crippen molar-refractivity contribution in [1.82, 2.24) is 9.80 Å². The number of rotatable bonds is 8. The van der Waals surface area contributed by atoms with Gasteiger partial charge in [0, 0.05) is 0 Å². The highest BCUT2D eigenvalue weighted by atomic mass is 16.2. The highest BCUT2D eigenvalue weighted by Gasteiger charge is 2.74. The van der Waals surface area contributed by atoms with Gasteiger partial charge in [-0.25, -0.2) is 0 Å². The summed E-state index contributed by atoms with van der Waals surface area (Å²) in [5.74, 6) is -1.82. The number of likely N-dealkylation sites (N-methyl/N-ethyl adjacent to an activating group) is 2. The molecule has 0 aromatic carbocycles. The number of fused-ring (bicyclic) bond motifs is 1. The van der Waals surface area contributed by atoms with Crippen molar-refractivity contribution in [3.63, 3.8) is 0 Å². The van der Waals surface area contributed by atoms with E-state index < -0.39 is 0 Å². The van der Waals surface area contributed by atoms with E-state index in [-0.39, 0.29) is 71.0 Å². The number of hydrogen-bond donors (Lipinski definition) is 0. The molecule has 2 aliphatic heterocycles. The second kappa shape index (κ2) is 7.72. The third-order valence-corrected chi connectivity index (χ3v) is 10.1. The molecule has 8 atom stereocenters. The van der Waals surface area contributed by atoms with Gasteiger partial charge in [0.25, 0.3) is 0 Å². The van der Waals surface area contributed by atoms with E-state index in [0.717, 1.165) is 35.1 Å². The summed E-state index contributed by atoms with van der Waals surface area (Å²) in [6, 6.07) is 0. The van der Waals surface area contributed by atoms with Crippen molar-refractivity contribution in [3.05, 3.63) is 12.2 Å². The zero-order valence-corrected chi connectivity index (χ0v) is 21.4. The lowest BCUT2D eigenvalue weighted by molar-refractivity contribution is -0.887. The average Bonchev–Trinajstić information content (AvgIpc) is 3.15. The Bertz CT molecular complexity index is 916. The average molecular weight is 473 g/mol. The number of likely N-dealkylation sites (tertiary alicyclic amines) is 2. The normalized spacial score (nSPS) is 38.4. The van der Waals surface area contributed by atoms with Gasteiger partial charge in [-0.3, -0.25) is 29.0 Å². The molecule has 2 bridgehead atoms. The van der Waals surface area contributed by atoms with Gasteiger partial charge in [-0.1, -0.05) is 12.2 Å². The van der Waals surface area contributed by atoms with Crippen LogP contribution < -0.4 is 0 Å². The smallest absolute Gasteiger partial charge is 0.233 e. The Morgan fingerprint density at radius 3 is 1.26 bits per heavy atom. The summed E-state index contributed by atoms with van der Waals surface area (Å²) in [5, 5.41) is 0. The number of imide groups is 2. The Kier molecular flexibility index (Phi) is 5.37. The molecular weight excluding hydrogens is 432 g/mol. The molecule has 8 heteroatoms. The lowest BCUT2D eigenvalue weighted by atomic mass is 9.40. The molecule has 34 heavy (non-hydrogen) atoms. The number of amides is 4. The minimum absolute atomic E-state index is 0.0101. The monoisotopic (exact) mass is 472 g/mol. The van der Waals surface area contributed by atoms with Crippen molar-refractivity contribution in [3.8, 4) is 0 Å². The van der Waals surface area contributed by atoms with Crippen LogP contribution in [0.4, 0.5) is 0 Å². The molecule has 8 nitrogen and oxygen atoms in total. The van der Waals surface area contributed by atoms with Crippen LogP contribution in [0, 0.1) is 47.3 Å². The molecule has 0 aromatic rings. The van der Waals surface area contributed by atoms with E-state index in [1.165, 1.54) is 9.80 Å². The van der Waals surface area contributed by atoms with Gasteiger partial charge in [0.1, 0.15) is 0 Å². The number of quaternary nitrogens is 2. The van der Waals surface area contributed by atoms with Gasteiger partial charge >= 0.3 is 0 Å². The fraction of sp³-hybridized carbons (Fsp3) is 0.769. The molecule has 0 aromatic heterocycles. The minimum Gasteiger partial charge on any atom is -0.327 e. The van der Waals surface area contributed by atoms with Gasteiger partial charge in [-0.05, 0) is 37.5 Å². The van der Waals surface area contributed by atoms with Crippen LogP contribution in [0.25, 0.3) is 0 Å². The first kappa shape index (κ1) is 23.7. The van der Waals surface area contributed by atoms with Crippen LogP contribution in [0.1, 0.15) is 13.8 Å². The molecular formula is C26H40N4O4+2. The van der Waals surface area contributed by atoms with E-state index in [4.69, 9.17) is 0 Å². The third kappa shape index (κ3) is 3.17. The standard InChI is InChI=1S/C26H40N4O4/c1-7-29(3,4)13-11-27-23(31)19-15-9-10-16(20(19)24(27)32)18-17(15)21-22(18)26(34)28(25(21)33)12-14-30(5,6)8-2/h9-10,15-22H,7-8,11-14H2,1-6H3/q+2/t15-,16-,17-,18-,19+,20+,21-,22-/m1/s1. The molecule has 0 N–H and O–H groups in total. The van der Waals surface area contributed by atoms with E-state index in [9.17, 15) is 19.2 Å². The third-order valence-electron chi connectivity index (χ3n) is 10.1. The van der Waals surface area contributed by atoms with Crippen LogP contribution in [0.15, 0.2) is 12.2 Å². The lowest BCUT2D eigenvalue weighted by Crippen LogP contribution is -2.63. The molecule has 2 saturated carbocycles. The van der Waals surface area contributed by atoms with Crippen molar-refractivity contribution in [2.24, 2.45) is 47.3 Å². The van der Waals surface area contributed by atoms with Crippen LogP contribution in [0.5, 0.6) is 0 Å². The summed E-state index contributed by atoms with van der Waals surface area (Å²) in [7, 11) is 8.42. The van der Waals surface area contributed by atoms with E-state index >= 15 is 0 Å². The number of carbonyl (C=O) groups excluding carboxylic acids is 4. The largest absolute Gasteiger partial charge is 0.327 e. The predicted molar refractivity (Wildman–Crippen MR) is 126 cm³/mol. The summed E-state index contributed by atoms with van der Waals surface area (Å²) >= 11 is 0. The Morgan fingerprint density at radius 2 is 0.941 bits per heavy atom. The lowest BCUT2D eigenvalue weighted by Gasteiger charge is -2.60. The first-order valence-electron chi connectivity index (χ1n) is 13.0. The summed E-state index contributed by atoms with van der Waals surface area (Å²) in [6.45, 7) is 8.41. The summed E-state index contributed by atoms with van der Waals surface area (Å²) in [5.41, 5.74) is 0. The molecule has 0 radical (unpaired) electrons. The van der Waals surface area contributed by atoms with Crippen molar-refractivity contribution in [2.75, 3.05) is 67.5 Å². The van der Waals surface area contributed by atoms with E-state index in [1.807, 2.05) is 0 Å². The van der Waals surface area contributed by atoms with Crippen molar-refractivity contribution >= 4 is 23.6 Å². The zero-order chi connectivity index (χ0) is 24.7. The SMILES string of the molecule is CC[N+](C)(C)CCN1C(=O)[C@H]2[C@@H]3C=C[C@@H]([C@@H]2C1=O)[C@H]1[C@H]2C(=O)N(CC[N+](C)(C)CC)C(=O)[C@@H]2[C@H]31. The summed E-state index contributed by atoms with van der Waals surface area (Å²) in [4.78, 5) is 56.7. The van der Waals surface area contributed by atoms with Gasteiger partial charge in [0.05, 0.1) is 91.1 Å². The van der Waals surface area contributed by atoms with E-state index in [1.54, 1.807) is 0 Å². The second-order valence-corrected chi connectivity index (χ2v) is 12.4. The fourth-order valence-corrected chi connectivity index (χ4v) is 7.22. The maximum Gasteiger partial charge on any atom is 0.233 e. The van der Waals surface area contributed by atoms with Crippen molar-refractivity contribution < 1.29 is 28.1 Å². The van der Waals surface area contributed by atoms with E-state index in [0.29, 0.717) is 13.1 Å². The molecule has 0 spiro atoms.